The molecule has 0 bridgehead atoms. The molecule has 4 aromatic rings. The third kappa shape index (κ3) is 2.97. The smallest absolute Gasteiger partial charge is 0.195 e. The van der Waals surface area contributed by atoms with Crippen molar-refractivity contribution < 1.29 is 14.4 Å². The van der Waals surface area contributed by atoms with Crippen LogP contribution in [0.15, 0.2) is 101 Å². The number of ketones is 3. The van der Waals surface area contributed by atoms with Crippen LogP contribution in [0.1, 0.15) is 47.4 Å². The van der Waals surface area contributed by atoms with E-state index >= 15 is 0 Å². The highest BCUT2D eigenvalue weighted by molar-refractivity contribution is 9.10. The number of halogens is 1. The first-order valence-corrected chi connectivity index (χ1v) is 13.8. The number of hydrogen-bond acceptors (Lipinski definition) is 5. The van der Waals surface area contributed by atoms with E-state index in [0.29, 0.717) is 16.0 Å². The molecule has 0 saturated carbocycles. The predicted octanol–water partition coefficient (Wildman–Crippen LogP) is 6.83. The van der Waals surface area contributed by atoms with E-state index < -0.39 is 23.4 Å². The molecule has 3 heterocycles. The van der Waals surface area contributed by atoms with Gasteiger partial charge in [0.25, 0.3) is 0 Å². The zero-order valence-corrected chi connectivity index (χ0v) is 21.9. The van der Waals surface area contributed by atoms with E-state index in [-0.39, 0.29) is 17.3 Å². The number of Topliss-reactive ketones (excluding diaryl/α,β-unsaturated/α-hetero) is 3. The second kappa shape index (κ2) is 8.20. The first kappa shape index (κ1) is 22.6. The summed E-state index contributed by atoms with van der Waals surface area (Å²) in [6.07, 6.45) is 3.94. The van der Waals surface area contributed by atoms with Crippen molar-refractivity contribution in [2.45, 2.75) is 18.0 Å². The number of benzene rings is 3. The Bertz CT molecular complexity index is 1590. The average molecular weight is 566 g/mol. The molecule has 2 aliphatic heterocycles. The Kier molecular flexibility index (Phi) is 5.00. The van der Waals surface area contributed by atoms with Crippen molar-refractivity contribution in [1.82, 2.24) is 0 Å². The van der Waals surface area contributed by atoms with Crippen molar-refractivity contribution in [3.8, 4) is 0 Å². The highest BCUT2D eigenvalue weighted by Crippen LogP contribution is 2.61. The Morgan fingerprint density at radius 1 is 0.838 bits per heavy atom. The number of thiophene rings is 1. The summed E-state index contributed by atoms with van der Waals surface area (Å²) in [5.74, 6) is -1.17. The van der Waals surface area contributed by atoms with Gasteiger partial charge >= 0.3 is 0 Å². The lowest BCUT2D eigenvalue weighted by molar-refractivity contribution is 0.0666. The first-order chi connectivity index (χ1) is 18.0. The zero-order chi connectivity index (χ0) is 25.3. The fourth-order valence-corrected chi connectivity index (χ4v) is 7.49. The van der Waals surface area contributed by atoms with Crippen LogP contribution >= 0.6 is 27.3 Å². The number of carbonyl (C=O) groups is 3. The number of fused-ring (bicyclic) bond motifs is 5. The Morgan fingerprint density at radius 3 is 2.19 bits per heavy atom. The monoisotopic (exact) mass is 565 g/mol. The van der Waals surface area contributed by atoms with Gasteiger partial charge in [-0.2, -0.15) is 0 Å². The van der Waals surface area contributed by atoms with Gasteiger partial charge in [-0.1, -0.05) is 88.7 Å². The molecule has 37 heavy (non-hydrogen) atoms. The molecule has 7 rings (SSSR count). The van der Waals surface area contributed by atoms with E-state index in [0.717, 1.165) is 21.3 Å². The summed E-state index contributed by atoms with van der Waals surface area (Å²) in [7, 11) is 0. The summed E-state index contributed by atoms with van der Waals surface area (Å²) in [5, 5.41) is 1.88. The van der Waals surface area contributed by atoms with Gasteiger partial charge in [-0.15, -0.1) is 11.3 Å². The molecular formula is C31H20BrNO3S. The number of rotatable bonds is 3. The molecule has 180 valence electrons. The first-order valence-electron chi connectivity index (χ1n) is 12.1. The van der Waals surface area contributed by atoms with Crippen LogP contribution in [-0.2, 0) is 0 Å². The van der Waals surface area contributed by atoms with E-state index in [1.807, 2.05) is 83.1 Å². The lowest BCUT2D eigenvalue weighted by Crippen LogP contribution is -2.48. The molecule has 3 aliphatic rings. The third-order valence-electron chi connectivity index (χ3n) is 7.97. The van der Waals surface area contributed by atoms with Crippen LogP contribution in [0.25, 0.3) is 6.08 Å². The van der Waals surface area contributed by atoms with Gasteiger partial charge in [0, 0.05) is 27.2 Å². The molecule has 0 unspecified atom stereocenters. The molecule has 0 radical (unpaired) electrons. The van der Waals surface area contributed by atoms with E-state index in [4.69, 9.17) is 0 Å². The van der Waals surface area contributed by atoms with E-state index in [2.05, 4.69) is 15.9 Å². The van der Waals surface area contributed by atoms with Crippen LogP contribution in [0, 0.1) is 5.41 Å². The van der Waals surface area contributed by atoms with Gasteiger partial charge in [-0.05, 0) is 40.8 Å². The Morgan fingerprint density at radius 2 is 1.51 bits per heavy atom. The normalized spacial score (nSPS) is 22.7. The maximum absolute atomic E-state index is 14.5. The maximum atomic E-state index is 14.5. The standard InChI is InChI=1S/C31H20BrNO3S/c32-20-14-11-19(12-15-20)26-27(28(34)24-10-5-17-37-24)33-23-9-4-1-6-18(23)13-16-25(33)31(26)29(35)21-7-2-3-8-22(21)30(31)36/h1-17,25-27H/t25-,26-,27+/m1/s1. The van der Waals surface area contributed by atoms with Crippen molar-refractivity contribution >= 4 is 56.4 Å². The van der Waals surface area contributed by atoms with Gasteiger partial charge in [-0.3, -0.25) is 14.4 Å². The van der Waals surface area contributed by atoms with Gasteiger partial charge in [0.05, 0.1) is 10.9 Å². The van der Waals surface area contributed by atoms with Crippen LogP contribution < -0.4 is 4.90 Å². The van der Waals surface area contributed by atoms with E-state index in [1.54, 1.807) is 24.3 Å². The molecule has 1 saturated heterocycles. The van der Waals surface area contributed by atoms with Crippen molar-refractivity contribution in [2.75, 3.05) is 4.90 Å². The fourth-order valence-electron chi connectivity index (χ4n) is 6.53. The van der Waals surface area contributed by atoms with Crippen molar-refractivity contribution in [3.63, 3.8) is 0 Å². The zero-order valence-electron chi connectivity index (χ0n) is 19.5. The summed E-state index contributed by atoms with van der Waals surface area (Å²) in [6, 6.07) is 25.0. The molecule has 3 atom stereocenters. The van der Waals surface area contributed by atoms with Crippen molar-refractivity contribution in [2.24, 2.45) is 5.41 Å². The largest absolute Gasteiger partial charge is 0.352 e. The molecule has 0 N–H and O–H groups in total. The fraction of sp³-hybridized carbons (Fsp3) is 0.129. The molecule has 4 nitrogen and oxygen atoms in total. The van der Waals surface area contributed by atoms with Crippen LogP contribution in [0.5, 0.6) is 0 Å². The summed E-state index contributed by atoms with van der Waals surface area (Å²) in [5.41, 5.74) is 2.04. The van der Waals surface area contributed by atoms with Crippen LogP contribution in [0.4, 0.5) is 5.69 Å². The van der Waals surface area contributed by atoms with E-state index in [1.165, 1.54) is 11.3 Å². The number of nitrogens with zero attached hydrogens (tertiary/aromatic N) is 1. The van der Waals surface area contributed by atoms with Gasteiger partial charge in [0.2, 0.25) is 0 Å². The predicted molar refractivity (Wildman–Crippen MR) is 149 cm³/mol. The van der Waals surface area contributed by atoms with Crippen LogP contribution in [0.3, 0.4) is 0 Å². The molecule has 0 amide bonds. The molecule has 6 heteroatoms. The van der Waals surface area contributed by atoms with Gasteiger partial charge < -0.3 is 4.90 Å². The molecule has 3 aromatic carbocycles. The topological polar surface area (TPSA) is 54.5 Å². The van der Waals surface area contributed by atoms with Gasteiger partial charge in [0.15, 0.2) is 17.3 Å². The highest BCUT2D eigenvalue weighted by atomic mass is 79.9. The minimum atomic E-state index is -1.46. The number of hydrogen-bond donors (Lipinski definition) is 0. The molecule has 1 spiro atoms. The average Bonchev–Trinajstić information content (AvgIpc) is 3.63. The van der Waals surface area contributed by atoms with E-state index in [9.17, 15) is 14.4 Å². The Hall–Kier alpha value is -3.61. The summed E-state index contributed by atoms with van der Waals surface area (Å²) < 4.78 is 0.889. The summed E-state index contributed by atoms with van der Waals surface area (Å²) in [6.45, 7) is 0. The minimum absolute atomic E-state index is 0.0774. The number of para-hydroxylation sites is 1. The quantitative estimate of drug-likeness (QED) is 0.202. The van der Waals surface area contributed by atoms with Crippen molar-refractivity contribution in [1.29, 1.82) is 0 Å². The summed E-state index contributed by atoms with van der Waals surface area (Å²) >= 11 is 4.90. The Labute approximate surface area is 226 Å². The third-order valence-corrected chi connectivity index (χ3v) is 9.39. The summed E-state index contributed by atoms with van der Waals surface area (Å²) in [4.78, 5) is 46.0. The molecular weight excluding hydrogens is 546 g/mol. The van der Waals surface area contributed by atoms with Gasteiger partial charge in [0.1, 0.15) is 11.5 Å². The second-order valence-corrected chi connectivity index (χ2v) is 11.5. The van der Waals surface area contributed by atoms with Crippen LogP contribution in [-0.4, -0.2) is 29.4 Å². The molecule has 1 aromatic heterocycles. The van der Waals surface area contributed by atoms with Crippen LogP contribution in [0.2, 0.25) is 0 Å². The van der Waals surface area contributed by atoms with Crippen molar-refractivity contribution in [3.05, 3.63) is 128 Å². The van der Waals surface area contributed by atoms with Gasteiger partial charge in [-0.25, -0.2) is 0 Å². The number of anilines is 1. The highest BCUT2D eigenvalue weighted by Gasteiger charge is 2.71. The maximum Gasteiger partial charge on any atom is 0.195 e. The lowest BCUT2D eigenvalue weighted by atomic mass is 9.64. The second-order valence-electron chi connectivity index (χ2n) is 9.66. The Balaban J connectivity index is 1.56. The SMILES string of the molecule is O=C(c1cccs1)[C@@H]1[C@@H](c2ccc(Br)cc2)C2(C(=O)c3ccccc3C2=O)[C@H]2C=Cc3ccccc3N12. The molecule has 1 fully saturated rings. The lowest BCUT2D eigenvalue weighted by Gasteiger charge is -2.37. The minimum Gasteiger partial charge on any atom is -0.352 e. The number of carbonyl (C=O) groups excluding carboxylic acids is 3. The molecule has 1 aliphatic carbocycles.